The van der Waals surface area contributed by atoms with Crippen LogP contribution < -0.4 is 16.2 Å². The van der Waals surface area contributed by atoms with Crippen LogP contribution in [0, 0.1) is 5.92 Å². The van der Waals surface area contributed by atoms with E-state index in [4.69, 9.17) is 17.3 Å². The molecule has 1 amide bonds. The molecule has 2 aromatic heterocycles. The number of thiophene rings is 1. The third-order valence-electron chi connectivity index (χ3n) is 5.09. The number of piperidine rings is 1. The van der Waals surface area contributed by atoms with E-state index in [0.29, 0.717) is 29.3 Å². The summed E-state index contributed by atoms with van der Waals surface area (Å²) in [6.45, 7) is 2.23. The molecule has 27 heavy (non-hydrogen) atoms. The van der Waals surface area contributed by atoms with Gasteiger partial charge in [0.15, 0.2) is 5.82 Å². The van der Waals surface area contributed by atoms with Crippen molar-refractivity contribution < 1.29 is 9.69 Å². The van der Waals surface area contributed by atoms with Crippen LogP contribution in [0.15, 0.2) is 34.4 Å². The topological polar surface area (TPSA) is 93.3 Å². The van der Waals surface area contributed by atoms with Crippen molar-refractivity contribution in [2.24, 2.45) is 11.7 Å². The monoisotopic (exact) mass is 403 g/mol. The van der Waals surface area contributed by atoms with Crippen LogP contribution in [-0.2, 0) is 11.3 Å². The highest BCUT2D eigenvalue weighted by atomic mass is 35.5. The van der Waals surface area contributed by atoms with Crippen LogP contribution in [0.2, 0.25) is 5.02 Å². The molecule has 3 heterocycles. The first-order valence-corrected chi connectivity index (χ1v) is 10.2. The molecule has 1 unspecified atom stereocenters. The number of H-pyrrole nitrogens is 1. The molecule has 1 aromatic carbocycles. The van der Waals surface area contributed by atoms with Gasteiger partial charge in [-0.05, 0) is 30.5 Å². The van der Waals surface area contributed by atoms with Gasteiger partial charge in [0.1, 0.15) is 11.4 Å². The number of hydrogen-bond donors (Lipinski definition) is 3. The summed E-state index contributed by atoms with van der Waals surface area (Å²) >= 11 is 7.42. The van der Waals surface area contributed by atoms with Crippen molar-refractivity contribution >= 4 is 39.1 Å². The Bertz CT molecular complexity index is 1040. The Labute approximate surface area is 165 Å². The number of fused-ring (bicyclic) bond motifs is 1. The average Bonchev–Trinajstić information content (AvgIpc) is 3.07. The summed E-state index contributed by atoms with van der Waals surface area (Å²) in [7, 11) is 0. The van der Waals surface area contributed by atoms with E-state index in [-0.39, 0.29) is 17.4 Å². The van der Waals surface area contributed by atoms with Gasteiger partial charge in [0, 0.05) is 16.0 Å². The molecule has 0 bridgehead atoms. The number of nitrogens with two attached hydrogens (primary N) is 1. The molecule has 4 rings (SSSR count). The zero-order valence-corrected chi connectivity index (χ0v) is 16.2. The zero-order chi connectivity index (χ0) is 19.0. The molecule has 6 nitrogen and oxygen atoms in total. The summed E-state index contributed by atoms with van der Waals surface area (Å²) in [6.07, 6.45) is 1.80. The number of nitrogens with zero attached hydrogens (tertiary/aromatic N) is 1. The number of nitrogens with one attached hydrogen (secondary N) is 2. The molecule has 1 fully saturated rings. The number of hydrogen-bond acceptors (Lipinski definition) is 4. The second-order valence-corrected chi connectivity index (χ2v) is 8.27. The van der Waals surface area contributed by atoms with Gasteiger partial charge >= 0.3 is 0 Å². The maximum absolute atomic E-state index is 12.7. The summed E-state index contributed by atoms with van der Waals surface area (Å²) in [5.74, 6) is 0.314. The minimum absolute atomic E-state index is 0.0950. The Morgan fingerprint density at radius 1 is 1.37 bits per heavy atom. The first-order chi connectivity index (χ1) is 13.0. The molecule has 0 aliphatic carbocycles. The quantitative estimate of drug-likeness (QED) is 0.617. The first-order valence-electron chi connectivity index (χ1n) is 8.90. The minimum atomic E-state index is -0.241. The van der Waals surface area contributed by atoms with E-state index < -0.39 is 0 Å². The summed E-state index contributed by atoms with van der Waals surface area (Å²) in [6, 6.07) is 7.43. The van der Waals surface area contributed by atoms with E-state index in [1.165, 1.54) is 16.2 Å². The Morgan fingerprint density at radius 2 is 2.15 bits per heavy atom. The number of aromatic amines is 1. The van der Waals surface area contributed by atoms with Crippen molar-refractivity contribution in [3.8, 4) is 11.1 Å². The van der Waals surface area contributed by atoms with Crippen LogP contribution in [0.1, 0.15) is 18.7 Å². The predicted molar refractivity (Wildman–Crippen MR) is 107 cm³/mol. The molecule has 0 spiro atoms. The smallest absolute Gasteiger partial charge is 0.260 e. The number of halogens is 1. The van der Waals surface area contributed by atoms with Gasteiger partial charge in [0.2, 0.25) is 5.91 Å². The van der Waals surface area contributed by atoms with Gasteiger partial charge in [-0.3, -0.25) is 9.59 Å². The van der Waals surface area contributed by atoms with Crippen LogP contribution in [-0.4, -0.2) is 29.0 Å². The lowest BCUT2D eigenvalue weighted by Gasteiger charge is -2.27. The molecule has 4 N–H and O–H groups in total. The summed E-state index contributed by atoms with van der Waals surface area (Å²) in [5.41, 5.74) is 7.13. The minimum Gasteiger partial charge on any atom is -0.369 e. The Balaban J connectivity index is 1.62. The van der Waals surface area contributed by atoms with Crippen molar-refractivity contribution in [2.75, 3.05) is 13.1 Å². The van der Waals surface area contributed by atoms with E-state index >= 15 is 0 Å². The Hall–Kier alpha value is -2.22. The number of quaternary nitrogens is 1. The molecular weight excluding hydrogens is 384 g/mol. The summed E-state index contributed by atoms with van der Waals surface area (Å²) in [4.78, 5) is 33.7. The SMILES string of the molecule is NC(=O)[C@H]1CCC[NH+](Cc2nc3scc(-c4ccc(Cl)cc4)c3c(=O)[nH]2)C1. The van der Waals surface area contributed by atoms with Gasteiger partial charge in [-0.15, -0.1) is 11.3 Å². The van der Waals surface area contributed by atoms with Gasteiger partial charge in [-0.1, -0.05) is 23.7 Å². The summed E-state index contributed by atoms with van der Waals surface area (Å²) in [5, 5.41) is 3.22. The summed E-state index contributed by atoms with van der Waals surface area (Å²) < 4.78 is 0. The molecule has 3 aromatic rings. The molecule has 140 valence electrons. The standard InChI is InChI=1S/C19H19ClN4O2S/c20-13-5-3-11(4-6-13)14-10-27-19-16(14)18(26)22-15(23-19)9-24-7-1-2-12(8-24)17(21)25/h3-6,10,12H,1-2,7-9H2,(H2,21,25)(H,22,23,26)/p+1/t12-/m0/s1. The molecule has 0 saturated carbocycles. The van der Waals surface area contributed by atoms with E-state index in [0.717, 1.165) is 35.3 Å². The van der Waals surface area contributed by atoms with Gasteiger partial charge in [0.25, 0.3) is 5.56 Å². The third-order valence-corrected chi connectivity index (χ3v) is 6.21. The first kappa shape index (κ1) is 18.2. The lowest BCUT2D eigenvalue weighted by atomic mass is 9.97. The van der Waals surface area contributed by atoms with Crippen molar-refractivity contribution in [1.82, 2.24) is 9.97 Å². The van der Waals surface area contributed by atoms with Gasteiger partial charge in [0.05, 0.1) is 24.4 Å². The third kappa shape index (κ3) is 3.76. The number of carbonyl (C=O) groups is 1. The molecular formula is C19H20ClN4O2S+. The molecule has 8 heteroatoms. The normalized spacial score (nSPS) is 20.0. The second kappa shape index (κ2) is 7.42. The second-order valence-electron chi connectivity index (χ2n) is 6.97. The van der Waals surface area contributed by atoms with E-state index in [9.17, 15) is 9.59 Å². The largest absolute Gasteiger partial charge is 0.369 e. The lowest BCUT2D eigenvalue weighted by Crippen LogP contribution is -3.12. The fraction of sp³-hybridized carbons (Fsp3) is 0.316. The van der Waals surface area contributed by atoms with Crippen LogP contribution in [0.25, 0.3) is 21.3 Å². The molecule has 0 radical (unpaired) electrons. The van der Waals surface area contributed by atoms with E-state index in [2.05, 4.69) is 9.97 Å². The van der Waals surface area contributed by atoms with Gasteiger partial charge in [-0.2, -0.15) is 0 Å². The zero-order valence-electron chi connectivity index (χ0n) is 14.6. The molecule has 1 aliphatic heterocycles. The molecule has 1 saturated heterocycles. The maximum atomic E-state index is 12.7. The average molecular weight is 404 g/mol. The van der Waals surface area contributed by atoms with Crippen LogP contribution in [0.3, 0.4) is 0 Å². The number of likely N-dealkylation sites (tertiary alicyclic amines) is 1. The number of primary amides is 1. The Kier molecular flexibility index (Phi) is 4.99. The van der Waals surface area contributed by atoms with E-state index in [1.807, 2.05) is 29.6 Å². The van der Waals surface area contributed by atoms with Crippen molar-refractivity contribution in [3.63, 3.8) is 0 Å². The lowest BCUT2D eigenvalue weighted by molar-refractivity contribution is -0.921. The number of benzene rings is 1. The number of amides is 1. The van der Waals surface area contributed by atoms with Crippen LogP contribution >= 0.6 is 22.9 Å². The fourth-order valence-electron chi connectivity index (χ4n) is 3.71. The fourth-order valence-corrected chi connectivity index (χ4v) is 4.80. The maximum Gasteiger partial charge on any atom is 0.260 e. The molecule has 2 atom stereocenters. The van der Waals surface area contributed by atoms with E-state index in [1.54, 1.807) is 0 Å². The number of aromatic nitrogens is 2. The molecule has 1 aliphatic rings. The number of carbonyl (C=O) groups excluding carboxylic acids is 1. The highest BCUT2D eigenvalue weighted by Crippen LogP contribution is 2.31. The predicted octanol–water partition coefficient (Wildman–Crippen LogP) is 1.59. The van der Waals surface area contributed by atoms with Crippen molar-refractivity contribution in [1.29, 1.82) is 0 Å². The van der Waals surface area contributed by atoms with Gasteiger partial charge < -0.3 is 15.6 Å². The highest BCUT2D eigenvalue weighted by Gasteiger charge is 2.27. The van der Waals surface area contributed by atoms with Crippen molar-refractivity contribution in [2.45, 2.75) is 19.4 Å². The van der Waals surface area contributed by atoms with Crippen LogP contribution in [0.4, 0.5) is 0 Å². The highest BCUT2D eigenvalue weighted by molar-refractivity contribution is 7.17. The van der Waals surface area contributed by atoms with Crippen molar-refractivity contribution in [3.05, 3.63) is 50.8 Å². The van der Waals surface area contributed by atoms with Gasteiger partial charge in [-0.25, -0.2) is 4.98 Å². The number of rotatable bonds is 4. The Morgan fingerprint density at radius 3 is 2.89 bits per heavy atom. The van der Waals surface area contributed by atoms with Crippen LogP contribution in [0.5, 0.6) is 0 Å².